The Labute approximate surface area is 209 Å². The minimum atomic E-state index is 0.427. The average Bonchev–Trinajstić information content (AvgIpc) is 3.36. The van der Waals surface area contributed by atoms with Gasteiger partial charge in [-0.25, -0.2) is 9.13 Å². The third-order valence-electron chi connectivity index (χ3n) is 7.51. The Morgan fingerprint density at radius 1 is 0.686 bits per heavy atom. The van der Waals surface area contributed by atoms with E-state index >= 15 is 0 Å². The molecule has 5 aromatic rings. The van der Waals surface area contributed by atoms with E-state index in [2.05, 4.69) is 136 Å². The largest absolute Gasteiger partial charge is 0.374 e. The van der Waals surface area contributed by atoms with Crippen LogP contribution < -0.4 is 4.57 Å². The van der Waals surface area contributed by atoms with Crippen molar-refractivity contribution in [1.82, 2.24) is 9.13 Å². The van der Waals surface area contributed by atoms with E-state index in [1.165, 1.54) is 49.7 Å². The molecule has 0 atom stereocenters. The Morgan fingerprint density at radius 3 is 1.94 bits per heavy atom. The molecule has 0 amide bonds. The predicted octanol–water partition coefficient (Wildman–Crippen LogP) is 8.08. The van der Waals surface area contributed by atoms with Crippen molar-refractivity contribution in [2.24, 2.45) is 7.05 Å². The molecule has 2 heterocycles. The number of benzene rings is 3. The molecular formula is C32H38N3+. The first-order valence-electron chi connectivity index (χ1n) is 13.0. The van der Waals surface area contributed by atoms with E-state index in [1.807, 2.05) is 0 Å². The molecule has 0 radical (unpaired) electrons. The lowest BCUT2D eigenvalue weighted by Gasteiger charge is -2.19. The monoisotopic (exact) mass is 464 g/mol. The third kappa shape index (κ3) is 3.60. The Morgan fingerprint density at radius 2 is 1.31 bits per heavy atom. The van der Waals surface area contributed by atoms with E-state index in [1.54, 1.807) is 0 Å². The fourth-order valence-corrected chi connectivity index (χ4v) is 5.77. The molecule has 2 aromatic heterocycles. The van der Waals surface area contributed by atoms with Crippen LogP contribution in [0.25, 0.3) is 33.4 Å². The Kier molecular flexibility index (Phi) is 5.83. The van der Waals surface area contributed by atoms with Gasteiger partial charge < -0.3 is 0 Å². The number of nitrogens with zero attached hydrogens (tertiary/aromatic N) is 3. The summed E-state index contributed by atoms with van der Waals surface area (Å²) in [5, 5.41) is 2.62. The van der Waals surface area contributed by atoms with Crippen LogP contribution in [0.15, 0.2) is 67.0 Å². The minimum Gasteiger partial charge on any atom is -0.237 e. The Balaban J connectivity index is 1.96. The first kappa shape index (κ1) is 23.4. The van der Waals surface area contributed by atoms with Crippen LogP contribution in [-0.4, -0.2) is 9.13 Å². The van der Waals surface area contributed by atoms with Gasteiger partial charge in [0.2, 0.25) is 0 Å². The lowest BCUT2D eigenvalue weighted by molar-refractivity contribution is -0.664. The molecular weight excluding hydrogens is 426 g/mol. The van der Waals surface area contributed by atoms with Gasteiger partial charge in [0.15, 0.2) is 0 Å². The predicted molar refractivity (Wildman–Crippen MR) is 148 cm³/mol. The SMILES string of the molecule is Cc1c(C(C)C)ccc2c3ccccc3n(-c3n(-c4c(C(C)C)cccc4C(C)C)cc[n+]3C)c12. The molecule has 35 heavy (non-hydrogen) atoms. The number of para-hydroxylation sites is 2. The van der Waals surface area contributed by atoms with Crippen LogP contribution in [0, 0.1) is 6.92 Å². The van der Waals surface area contributed by atoms with E-state index in [9.17, 15) is 0 Å². The van der Waals surface area contributed by atoms with Crippen molar-refractivity contribution in [3.8, 4) is 11.6 Å². The normalized spacial score (nSPS) is 12.2. The highest BCUT2D eigenvalue weighted by Crippen LogP contribution is 2.38. The van der Waals surface area contributed by atoms with Crippen molar-refractivity contribution in [2.45, 2.75) is 66.2 Å². The molecule has 3 aromatic carbocycles. The maximum Gasteiger partial charge on any atom is 0.374 e. The van der Waals surface area contributed by atoms with E-state index in [0.717, 1.165) is 5.95 Å². The second-order valence-corrected chi connectivity index (χ2v) is 10.9. The molecule has 0 aliphatic carbocycles. The molecule has 0 saturated heterocycles. The molecule has 0 bridgehead atoms. The number of fused-ring (bicyclic) bond motifs is 3. The topological polar surface area (TPSA) is 13.7 Å². The number of aromatic nitrogens is 3. The molecule has 5 rings (SSSR count). The molecule has 3 heteroatoms. The molecule has 0 saturated carbocycles. The van der Waals surface area contributed by atoms with Gasteiger partial charge >= 0.3 is 5.95 Å². The fourth-order valence-electron chi connectivity index (χ4n) is 5.77. The van der Waals surface area contributed by atoms with Crippen LogP contribution in [0.3, 0.4) is 0 Å². The maximum absolute atomic E-state index is 2.49. The summed E-state index contributed by atoms with van der Waals surface area (Å²) >= 11 is 0. The first-order chi connectivity index (χ1) is 16.7. The van der Waals surface area contributed by atoms with Crippen molar-refractivity contribution in [1.29, 1.82) is 0 Å². The van der Waals surface area contributed by atoms with Crippen molar-refractivity contribution in [2.75, 3.05) is 0 Å². The highest BCUT2D eigenvalue weighted by Gasteiger charge is 2.29. The van der Waals surface area contributed by atoms with Crippen LogP contribution in [0.1, 0.15) is 81.5 Å². The van der Waals surface area contributed by atoms with Crippen molar-refractivity contribution in [3.05, 3.63) is 89.2 Å². The van der Waals surface area contributed by atoms with Gasteiger partial charge in [-0.2, -0.15) is 4.57 Å². The van der Waals surface area contributed by atoms with Gasteiger partial charge in [-0.05, 0) is 53.0 Å². The number of hydrogen-bond donors (Lipinski definition) is 0. The quantitative estimate of drug-likeness (QED) is 0.233. The van der Waals surface area contributed by atoms with Gasteiger partial charge in [-0.15, -0.1) is 0 Å². The van der Waals surface area contributed by atoms with Crippen LogP contribution in [-0.2, 0) is 7.05 Å². The average molecular weight is 465 g/mol. The Hall–Kier alpha value is -3.33. The summed E-state index contributed by atoms with van der Waals surface area (Å²) in [6, 6.07) is 20.3. The molecule has 0 N–H and O–H groups in total. The molecule has 0 unspecified atom stereocenters. The molecule has 3 nitrogen and oxygen atoms in total. The van der Waals surface area contributed by atoms with Crippen molar-refractivity contribution in [3.63, 3.8) is 0 Å². The zero-order valence-corrected chi connectivity index (χ0v) is 22.4. The summed E-state index contributed by atoms with van der Waals surface area (Å²) in [5.41, 5.74) is 9.41. The fraction of sp³-hybridized carbons (Fsp3) is 0.344. The van der Waals surface area contributed by atoms with Gasteiger partial charge in [0.1, 0.15) is 22.9 Å². The van der Waals surface area contributed by atoms with Crippen LogP contribution in [0.2, 0.25) is 0 Å². The number of imidazole rings is 1. The summed E-state index contributed by atoms with van der Waals surface area (Å²) in [5.74, 6) is 2.49. The molecule has 0 aliphatic heterocycles. The van der Waals surface area contributed by atoms with Crippen LogP contribution in [0.5, 0.6) is 0 Å². The maximum atomic E-state index is 2.49. The highest BCUT2D eigenvalue weighted by molar-refractivity contribution is 6.10. The highest BCUT2D eigenvalue weighted by atomic mass is 15.3. The second-order valence-electron chi connectivity index (χ2n) is 10.9. The molecule has 0 spiro atoms. The zero-order chi connectivity index (χ0) is 25.0. The smallest absolute Gasteiger partial charge is 0.237 e. The van der Waals surface area contributed by atoms with Crippen LogP contribution >= 0.6 is 0 Å². The lowest BCUT2D eigenvalue weighted by Crippen LogP contribution is -2.33. The van der Waals surface area contributed by atoms with Gasteiger partial charge in [0.25, 0.3) is 0 Å². The van der Waals surface area contributed by atoms with Gasteiger partial charge in [-0.1, -0.05) is 90.1 Å². The molecule has 0 fully saturated rings. The number of hydrogen-bond acceptors (Lipinski definition) is 0. The Bertz CT molecular complexity index is 1520. The van der Waals surface area contributed by atoms with Gasteiger partial charge in [0.05, 0.1) is 13.2 Å². The van der Waals surface area contributed by atoms with E-state index in [4.69, 9.17) is 0 Å². The summed E-state index contributed by atoms with van der Waals surface area (Å²) in [6.45, 7) is 16.1. The van der Waals surface area contributed by atoms with E-state index in [-0.39, 0.29) is 0 Å². The summed E-state index contributed by atoms with van der Waals surface area (Å²) in [6.07, 6.45) is 4.43. The summed E-state index contributed by atoms with van der Waals surface area (Å²) in [4.78, 5) is 0. The van der Waals surface area contributed by atoms with Crippen molar-refractivity contribution >= 4 is 21.8 Å². The third-order valence-corrected chi connectivity index (χ3v) is 7.51. The summed E-state index contributed by atoms with van der Waals surface area (Å²) in [7, 11) is 2.17. The second kappa shape index (κ2) is 8.71. The first-order valence-corrected chi connectivity index (χ1v) is 13.0. The van der Waals surface area contributed by atoms with Crippen molar-refractivity contribution < 1.29 is 4.57 Å². The molecule has 180 valence electrons. The lowest BCUT2D eigenvalue weighted by atomic mass is 9.92. The number of aryl methyl sites for hydroxylation is 2. The van der Waals surface area contributed by atoms with E-state index < -0.39 is 0 Å². The van der Waals surface area contributed by atoms with Gasteiger partial charge in [0, 0.05) is 10.8 Å². The summed E-state index contributed by atoms with van der Waals surface area (Å²) < 4.78 is 7.19. The zero-order valence-electron chi connectivity index (χ0n) is 22.4. The minimum absolute atomic E-state index is 0.427. The molecule has 0 aliphatic rings. The van der Waals surface area contributed by atoms with Gasteiger partial charge in [-0.3, -0.25) is 0 Å². The van der Waals surface area contributed by atoms with E-state index in [0.29, 0.717) is 17.8 Å². The standard InChI is InChI=1S/C32H38N3/c1-20(2)24-16-17-28-27-12-9-10-15-29(27)35(30(28)23(24)7)32-33(8)18-19-34(32)31-25(21(3)4)13-11-14-26(31)22(5)6/h9-22H,1-8H3/q+1. The van der Waals surface area contributed by atoms with Crippen LogP contribution in [0.4, 0.5) is 0 Å². The number of rotatable bonds is 5.